The fourth-order valence-electron chi connectivity index (χ4n) is 2.15. The molecule has 18 heavy (non-hydrogen) atoms. The maximum Gasteiger partial charge on any atom is 0.219 e. The number of rotatable bonds is 2. The number of methoxy groups -OCH3 is 1. The number of benzene rings is 1. The van der Waals surface area contributed by atoms with E-state index in [9.17, 15) is 9.90 Å². The molecule has 2 rings (SSSR count). The minimum Gasteiger partial charge on any atom is -0.504 e. The van der Waals surface area contributed by atoms with E-state index < -0.39 is 0 Å². The second kappa shape index (κ2) is 5.16. The van der Waals surface area contributed by atoms with Crippen LogP contribution in [-0.2, 0) is 4.79 Å². The molecule has 0 saturated carbocycles. The Bertz CT molecular complexity index is 440. The Morgan fingerprint density at radius 1 is 1.28 bits per heavy atom. The third-order valence-corrected chi connectivity index (χ3v) is 3.25. The summed E-state index contributed by atoms with van der Waals surface area (Å²) >= 11 is 0. The van der Waals surface area contributed by atoms with E-state index in [1.54, 1.807) is 19.1 Å². The van der Waals surface area contributed by atoms with Gasteiger partial charge in [0.2, 0.25) is 5.91 Å². The van der Waals surface area contributed by atoms with Gasteiger partial charge in [0, 0.05) is 44.9 Å². The number of anilines is 1. The summed E-state index contributed by atoms with van der Waals surface area (Å²) in [5, 5.41) is 9.75. The molecule has 0 aromatic heterocycles. The molecule has 1 aromatic rings. The fraction of sp³-hybridized carbons (Fsp3) is 0.462. The van der Waals surface area contributed by atoms with Gasteiger partial charge in [-0.3, -0.25) is 4.79 Å². The van der Waals surface area contributed by atoms with Gasteiger partial charge in [0.15, 0.2) is 11.5 Å². The average Bonchev–Trinajstić information content (AvgIpc) is 2.38. The average molecular weight is 250 g/mol. The van der Waals surface area contributed by atoms with E-state index in [0.717, 1.165) is 31.9 Å². The molecule has 5 nitrogen and oxygen atoms in total. The van der Waals surface area contributed by atoms with Crippen molar-refractivity contribution in [3.8, 4) is 11.5 Å². The number of amides is 1. The maximum absolute atomic E-state index is 11.2. The van der Waals surface area contributed by atoms with Crippen molar-refractivity contribution in [1.82, 2.24) is 4.90 Å². The summed E-state index contributed by atoms with van der Waals surface area (Å²) in [5.74, 6) is 0.734. The van der Waals surface area contributed by atoms with Crippen LogP contribution in [0.5, 0.6) is 11.5 Å². The van der Waals surface area contributed by atoms with Crippen LogP contribution in [0.15, 0.2) is 18.2 Å². The molecule has 0 aliphatic carbocycles. The Labute approximate surface area is 107 Å². The molecule has 0 unspecified atom stereocenters. The van der Waals surface area contributed by atoms with Crippen LogP contribution in [0.4, 0.5) is 5.69 Å². The number of nitrogens with zero attached hydrogens (tertiary/aromatic N) is 2. The van der Waals surface area contributed by atoms with E-state index >= 15 is 0 Å². The number of hydrogen-bond donors (Lipinski definition) is 1. The van der Waals surface area contributed by atoms with Gasteiger partial charge in [0.05, 0.1) is 7.11 Å². The van der Waals surface area contributed by atoms with Crippen LogP contribution in [-0.4, -0.2) is 49.2 Å². The van der Waals surface area contributed by atoms with E-state index in [4.69, 9.17) is 4.74 Å². The van der Waals surface area contributed by atoms with Gasteiger partial charge in [0.25, 0.3) is 0 Å². The lowest BCUT2D eigenvalue weighted by Gasteiger charge is -2.35. The second-order valence-electron chi connectivity index (χ2n) is 4.35. The van der Waals surface area contributed by atoms with Crippen LogP contribution >= 0.6 is 0 Å². The Kier molecular flexibility index (Phi) is 3.60. The fourth-order valence-corrected chi connectivity index (χ4v) is 2.15. The second-order valence-corrected chi connectivity index (χ2v) is 4.35. The summed E-state index contributed by atoms with van der Waals surface area (Å²) in [6.07, 6.45) is 0. The van der Waals surface area contributed by atoms with E-state index in [1.165, 1.54) is 7.11 Å². The minimum absolute atomic E-state index is 0.118. The van der Waals surface area contributed by atoms with Gasteiger partial charge in [-0.05, 0) is 12.1 Å². The number of carbonyl (C=O) groups is 1. The first-order chi connectivity index (χ1) is 8.61. The number of hydrogen-bond acceptors (Lipinski definition) is 4. The van der Waals surface area contributed by atoms with Crippen molar-refractivity contribution in [2.24, 2.45) is 0 Å². The number of aromatic hydroxyl groups is 1. The zero-order chi connectivity index (χ0) is 13.1. The highest BCUT2D eigenvalue weighted by Crippen LogP contribution is 2.30. The third-order valence-electron chi connectivity index (χ3n) is 3.25. The van der Waals surface area contributed by atoms with Crippen molar-refractivity contribution in [2.45, 2.75) is 6.92 Å². The molecule has 1 fully saturated rings. The van der Waals surface area contributed by atoms with E-state index in [1.807, 2.05) is 11.0 Å². The molecule has 0 radical (unpaired) electrons. The van der Waals surface area contributed by atoms with Gasteiger partial charge in [-0.25, -0.2) is 0 Å². The molecule has 0 atom stereocenters. The Morgan fingerprint density at radius 3 is 2.44 bits per heavy atom. The Balaban J connectivity index is 2.05. The van der Waals surface area contributed by atoms with Gasteiger partial charge >= 0.3 is 0 Å². The molecule has 1 aromatic carbocycles. The molecular formula is C13H18N2O3. The quantitative estimate of drug-likeness (QED) is 0.853. The summed E-state index contributed by atoms with van der Waals surface area (Å²) in [6.45, 7) is 4.61. The van der Waals surface area contributed by atoms with Gasteiger partial charge < -0.3 is 19.6 Å². The maximum atomic E-state index is 11.2. The van der Waals surface area contributed by atoms with Gasteiger partial charge in [-0.2, -0.15) is 0 Å². The van der Waals surface area contributed by atoms with Crippen molar-refractivity contribution in [1.29, 1.82) is 0 Å². The van der Waals surface area contributed by atoms with Gasteiger partial charge in [-0.15, -0.1) is 0 Å². The van der Waals surface area contributed by atoms with Gasteiger partial charge in [0.1, 0.15) is 0 Å². The predicted octanol–water partition coefficient (Wildman–Crippen LogP) is 1.07. The van der Waals surface area contributed by atoms with Crippen molar-refractivity contribution in [3.05, 3.63) is 18.2 Å². The largest absolute Gasteiger partial charge is 0.504 e. The van der Waals surface area contributed by atoms with Crippen molar-refractivity contribution >= 4 is 11.6 Å². The first-order valence-corrected chi connectivity index (χ1v) is 5.99. The molecule has 0 bridgehead atoms. The lowest BCUT2D eigenvalue weighted by atomic mass is 10.2. The highest BCUT2D eigenvalue weighted by atomic mass is 16.5. The molecule has 1 N–H and O–H groups in total. The van der Waals surface area contributed by atoms with Crippen molar-refractivity contribution in [2.75, 3.05) is 38.2 Å². The van der Waals surface area contributed by atoms with Crippen LogP contribution in [0.25, 0.3) is 0 Å². The van der Waals surface area contributed by atoms with Crippen LogP contribution in [0.1, 0.15) is 6.92 Å². The molecule has 1 heterocycles. The van der Waals surface area contributed by atoms with E-state index in [2.05, 4.69) is 4.90 Å². The minimum atomic E-state index is 0.118. The first-order valence-electron chi connectivity index (χ1n) is 5.99. The summed E-state index contributed by atoms with van der Waals surface area (Å²) in [4.78, 5) is 15.2. The van der Waals surface area contributed by atoms with Crippen molar-refractivity contribution in [3.63, 3.8) is 0 Å². The third kappa shape index (κ3) is 2.50. The lowest BCUT2D eigenvalue weighted by molar-refractivity contribution is -0.129. The molecule has 0 spiro atoms. The normalized spacial score (nSPS) is 15.7. The van der Waals surface area contributed by atoms with Crippen LogP contribution in [0, 0.1) is 0 Å². The zero-order valence-electron chi connectivity index (χ0n) is 10.7. The summed E-state index contributed by atoms with van der Waals surface area (Å²) < 4.78 is 5.01. The summed E-state index contributed by atoms with van der Waals surface area (Å²) in [5.41, 5.74) is 0.955. The first kappa shape index (κ1) is 12.5. The smallest absolute Gasteiger partial charge is 0.219 e. The topological polar surface area (TPSA) is 53.0 Å². The van der Waals surface area contributed by atoms with Crippen LogP contribution in [0.2, 0.25) is 0 Å². The Morgan fingerprint density at radius 2 is 1.94 bits per heavy atom. The Hall–Kier alpha value is -1.91. The SMILES string of the molecule is COc1ccc(N2CCN(C(C)=O)CC2)cc1O. The molecule has 5 heteroatoms. The van der Waals surface area contributed by atoms with Crippen LogP contribution < -0.4 is 9.64 Å². The molecular weight excluding hydrogens is 232 g/mol. The highest BCUT2D eigenvalue weighted by Gasteiger charge is 2.19. The highest BCUT2D eigenvalue weighted by molar-refractivity contribution is 5.73. The predicted molar refractivity (Wildman–Crippen MR) is 69.1 cm³/mol. The lowest BCUT2D eigenvalue weighted by Crippen LogP contribution is -2.48. The number of ether oxygens (including phenoxy) is 1. The zero-order valence-corrected chi connectivity index (χ0v) is 10.7. The van der Waals surface area contributed by atoms with E-state index in [-0.39, 0.29) is 11.7 Å². The molecule has 1 aliphatic rings. The van der Waals surface area contributed by atoms with E-state index in [0.29, 0.717) is 5.75 Å². The summed E-state index contributed by atoms with van der Waals surface area (Å²) in [7, 11) is 1.53. The van der Waals surface area contributed by atoms with Crippen molar-refractivity contribution < 1.29 is 14.6 Å². The standard InChI is InChI=1S/C13H18N2O3/c1-10(16)14-5-7-15(8-6-14)11-3-4-13(18-2)12(17)9-11/h3-4,9,17H,5-8H2,1-2H3. The van der Waals surface area contributed by atoms with Crippen LogP contribution in [0.3, 0.4) is 0 Å². The molecule has 98 valence electrons. The number of carbonyl (C=O) groups excluding carboxylic acids is 1. The monoisotopic (exact) mass is 250 g/mol. The number of phenolic OH excluding ortho intramolecular Hbond substituents is 1. The van der Waals surface area contributed by atoms with Gasteiger partial charge in [-0.1, -0.05) is 0 Å². The molecule has 1 amide bonds. The summed E-state index contributed by atoms with van der Waals surface area (Å²) in [6, 6.07) is 5.37. The number of piperazine rings is 1. The number of phenols is 1. The molecule has 1 saturated heterocycles. The molecule has 1 aliphatic heterocycles.